The van der Waals surface area contributed by atoms with E-state index in [2.05, 4.69) is 27.4 Å². The van der Waals surface area contributed by atoms with E-state index in [0.717, 1.165) is 17.8 Å². The monoisotopic (exact) mass is 227 g/mol. The van der Waals surface area contributed by atoms with Crippen molar-refractivity contribution < 1.29 is 0 Å². The van der Waals surface area contributed by atoms with E-state index in [1.807, 2.05) is 44.6 Å². The van der Waals surface area contributed by atoms with Gasteiger partial charge in [0.15, 0.2) is 0 Å². The maximum atomic E-state index is 4.36. The fourth-order valence-electron chi connectivity index (χ4n) is 1.96. The molecule has 0 amide bonds. The molecule has 0 aliphatic rings. The lowest BCUT2D eigenvalue weighted by Gasteiger charge is -2.17. The molecule has 0 radical (unpaired) electrons. The quantitative estimate of drug-likeness (QED) is 0.870. The summed E-state index contributed by atoms with van der Waals surface area (Å²) in [5, 5.41) is 3.33. The van der Waals surface area contributed by atoms with E-state index in [1.165, 1.54) is 5.56 Å². The average molecular weight is 227 g/mol. The Morgan fingerprint density at radius 1 is 1.12 bits per heavy atom. The van der Waals surface area contributed by atoms with Crippen molar-refractivity contribution in [3.63, 3.8) is 0 Å². The van der Waals surface area contributed by atoms with Crippen molar-refractivity contribution in [2.75, 3.05) is 7.05 Å². The van der Waals surface area contributed by atoms with Crippen LogP contribution in [0.15, 0.2) is 42.7 Å². The van der Waals surface area contributed by atoms with Crippen molar-refractivity contribution in [1.82, 2.24) is 15.3 Å². The normalized spacial score (nSPS) is 12.4. The van der Waals surface area contributed by atoms with Crippen LogP contribution in [0.1, 0.15) is 23.0 Å². The number of nitrogens with one attached hydrogen (secondary N) is 1. The van der Waals surface area contributed by atoms with Crippen molar-refractivity contribution in [3.8, 4) is 0 Å². The minimum atomic E-state index is 0.263. The van der Waals surface area contributed by atoms with Gasteiger partial charge in [-0.1, -0.05) is 12.1 Å². The molecule has 0 bridgehead atoms. The molecule has 0 aromatic carbocycles. The van der Waals surface area contributed by atoms with Gasteiger partial charge in [-0.05, 0) is 37.7 Å². The molecule has 3 nitrogen and oxygen atoms in total. The number of rotatable bonds is 4. The number of hydrogen-bond donors (Lipinski definition) is 1. The summed E-state index contributed by atoms with van der Waals surface area (Å²) in [6.07, 6.45) is 4.54. The lowest BCUT2D eigenvalue weighted by molar-refractivity contribution is 0.578. The molecule has 1 unspecified atom stereocenters. The highest BCUT2D eigenvalue weighted by Crippen LogP contribution is 2.18. The fourth-order valence-corrected chi connectivity index (χ4v) is 1.96. The number of hydrogen-bond acceptors (Lipinski definition) is 3. The molecule has 0 spiro atoms. The van der Waals surface area contributed by atoms with Gasteiger partial charge in [0.25, 0.3) is 0 Å². The Bertz CT molecular complexity index is 468. The molecule has 2 heterocycles. The minimum absolute atomic E-state index is 0.263. The summed E-state index contributed by atoms with van der Waals surface area (Å²) in [5.41, 5.74) is 3.40. The second-order valence-corrected chi connectivity index (χ2v) is 4.04. The Kier molecular flexibility index (Phi) is 3.83. The van der Waals surface area contributed by atoms with Gasteiger partial charge in [0.05, 0.1) is 0 Å². The Morgan fingerprint density at radius 3 is 2.59 bits per heavy atom. The number of aromatic nitrogens is 2. The zero-order chi connectivity index (χ0) is 12.1. The number of aryl methyl sites for hydroxylation is 1. The molecule has 1 atom stereocenters. The van der Waals surface area contributed by atoms with Crippen LogP contribution in [0, 0.1) is 6.92 Å². The van der Waals surface area contributed by atoms with Crippen LogP contribution in [0.3, 0.4) is 0 Å². The molecule has 17 heavy (non-hydrogen) atoms. The highest BCUT2D eigenvalue weighted by Gasteiger charge is 2.13. The second-order valence-electron chi connectivity index (χ2n) is 4.04. The van der Waals surface area contributed by atoms with E-state index >= 15 is 0 Å². The van der Waals surface area contributed by atoms with Gasteiger partial charge < -0.3 is 5.32 Å². The molecule has 0 aliphatic heterocycles. The first-order valence-electron chi connectivity index (χ1n) is 5.80. The first-order valence-corrected chi connectivity index (χ1v) is 5.80. The van der Waals surface area contributed by atoms with Crippen LogP contribution < -0.4 is 5.32 Å². The minimum Gasteiger partial charge on any atom is -0.313 e. The van der Waals surface area contributed by atoms with Gasteiger partial charge >= 0.3 is 0 Å². The fraction of sp³-hybridized carbons (Fsp3) is 0.286. The molecular formula is C14H17N3. The summed E-state index contributed by atoms with van der Waals surface area (Å²) in [5.74, 6) is 0. The van der Waals surface area contributed by atoms with Crippen molar-refractivity contribution in [1.29, 1.82) is 0 Å². The maximum Gasteiger partial charge on any atom is 0.0422 e. The third-order valence-corrected chi connectivity index (χ3v) is 2.91. The van der Waals surface area contributed by atoms with Crippen molar-refractivity contribution in [3.05, 3.63) is 59.7 Å². The van der Waals surface area contributed by atoms with Crippen LogP contribution in [0.25, 0.3) is 0 Å². The zero-order valence-electron chi connectivity index (χ0n) is 10.2. The van der Waals surface area contributed by atoms with Crippen LogP contribution in [-0.4, -0.2) is 17.0 Å². The van der Waals surface area contributed by atoms with Gasteiger partial charge in [0.1, 0.15) is 0 Å². The Balaban J connectivity index is 2.21. The van der Waals surface area contributed by atoms with Crippen LogP contribution in [0.5, 0.6) is 0 Å². The van der Waals surface area contributed by atoms with Gasteiger partial charge in [-0.15, -0.1) is 0 Å². The summed E-state index contributed by atoms with van der Waals surface area (Å²) in [4.78, 5) is 8.69. The summed E-state index contributed by atoms with van der Waals surface area (Å²) in [6.45, 7) is 2.04. The first-order chi connectivity index (χ1) is 8.31. The lowest BCUT2D eigenvalue weighted by Crippen LogP contribution is -2.20. The molecule has 3 heteroatoms. The van der Waals surface area contributed by atoms with Crippen LogP contribution in [-0.2, 0) is 6.42 Å². The largest absolute Gasteiger partial charge is 0.313 e. The van der Waals surface area contributed by atoms with Gasteiger partial charge in [-0.3, -0.25) is 9.97 Å². The number of pyridine rings is 2. The standard InChI is InChI=1S/C14H17N3/c1-11-13(7-5-9-16-11)14(15-2)10-12-6-3-4-8-17-12/h3-9,14-15H,10H2,1-2H3. The molecule has 88 valence electrons. The number of likely N-dealkylation sites (N-methyl/N-ethyl adjacent to an activating group) is 1. The van der Waals surface area contributed by atoms with E-state index in [0.29, 0.717) is 0 Å². The van der Waals surface area contributed by atoms with Crippen molar-refractivity contribution in [2.24, 2.45) is 0 Å². The highest BCUT2D eigenvalue weighted by atomic mass is 14.9. The van der Waals surface area contributed by atoms with Crippen LogP contribution in [0.2, 0.25) is 0 Å². The molecule has 0 saturated carbocycles. The molecule has 0 aliphatic carbocycles. The lowest BCUT2D eigenvalue weighted by atomic mass is 10.0. The smallest absolute Gasteiger partial charge is 0.0422 e. The van der Waals surface area contributed by atoms with Crippen molar-refractivity contribution in [2.45, 2.75) is 19.4 Å². The van der Waals surface area contributed by atoms with Crippen LogP contribution >= 0.6 is 0 Å². The summed E-state index contributed by atoms with van der Waals surface area (Å²) < 4.78 is 0. The van der Waals surface area contributed by atoms with E-state index in [-0.39, 0.29) is 6.04 Å². The number of nitrogens with zero attached hydrogens (tertiary/aromatic N) is 2. The topological polar surface area (TPSA) is 37.8 Å². The van der Waals surface area contributed by atoms with E-state index in [4.69, 9.17) is 0 Å². The summed E-state index contributed by atoms with van der Waals surface area (Å²) >= 11 is 0. The molecule has 2 aromatic rings. The Labute approximate surface area is 102 Å². The molecule has 0 fully saturated rings. The second kappa shape index (κ2) is 5.55. The highest BCUT2D eigenvalue weighted by molar-refractivity contribution is 5.24. The Morgan fingerprint density at radius 2 is 1.94 bits per heavy atom. The average Bonchev–Trinajstić information content (AvgIpc) is 2.38. The Hall–Kier alpha value is -1.74. The van der Waals surface area contributed by atoms with Gasteiger partial charge in [-0.2, -0.15) is 0 Å². The predicted octanol–water partition coefficient (Wildman–Crippen LogP) is 2.29. The van der Waals surface area contributed by atoms with E-state index in [1.54, 1.807) is 0 Å². The van der Waals surface area contributed by atoms with Gasteiger partial charge in [-0.25, -0.2) is 0 Å². The summed E-state index contributed by atoms with van der Waals surface area (Å²) in [6, 6.07) is 10.4. The summed E-state index contributed by atoms with van der Waals surface area (Å²) in [7, 11) is 1.97. The van der Waals surface area contributed by atoms with E-state index < -0.39 is 0 Å². The SMILES string of the molecule is CNC(Cc1ccccn1)c1cccnc1C. The molecular weight excluding hydrogens is 210 g/mol. The van der Waals surface area contributed by atoms with Crippen molar-refractivity contribution >= 4 is 0 Å². The third kappa shape index (κ3) is 2.88. The van der Waals surface area contributed by atoms with Gasteiger partial charge in [0, 0.05) is 36.2 Å². The third-order valence-electron chi connectivity index (χ3n) is 2.91. The molecule has 1 N–H and O–H groups in total. The maximum absolute atomic E-state index is 4.36. The predicted molar refractivity (Wildman–Crippen MR) is 68.7 cm³/mol. The molecule has 2 rings (SSSR count). The molecule has 0 saturated heterocycles. The van der Waals surface area contributed by atoms with E-state index in [9.17, 15) is 0 Å². The van der Waals surface area contributed by atoms with Gasteiger partial charge in [0.2, 0.25) is 0 Å². The first kappa shape index (κ1) is 11.7. The molecule has 2 aromatic heterocycles. The zero-order valence-corrected chi connectivity index (χ0v) is 10.2. The van der Waals surface area contributed by atoms with Crippen LogP contribution in [0.4, 0.5) is 0 Å².